The summed E-state index contributed by atoms with van der Waals surface area (Å²) in [6.45, 7) is 2.82. The Morgan fingerprint density at radius 1 is 1.50 bits per heavy atom. The van der Waals surface area contributed by atoms with Gasteiger partial charge in [-0.15, -0.1) is 11.8 Å². The lowest BCUT2D eigenvalue weighted by Crippen LogP contribution is -2.05. The molecule has 16 heavy (non-hydrogen) atoms. The van der Waals surface area contributed by atoms with Crippen LogP contribution in [0.15, 0.2) is 27.6 Å². The van der Waals surface area contributed by atoms with Gasteiger partial charge in [0.15, 0.2) is 0 Å². The van der Waals surface area contributed by atoms with Crippen molar-refractivity contribution in [2.24, 2.45) is 5.73 Å². The van der Waals surface area contributed by atoms with Crippen molar-refractivity contribution in [2.45, 2.75) is 24.3 Å². The average molecular weight is 304 g/mol. The lowest BCUT2D eigenvalue weighted by Gasteiger charge is -2.10. The summed E-state index contributed by atoms with van der Waals surface area (Å²) in [4.78, 5) is 1.27. The van der Waals surface area contributed by atoms with Crippen molar-refractivity contribution < 1.29 is 4.74 Å². The lowest BCUT2D eigenvalue weighted by atomic mass is 10.1. The van der Waals surface area contributed by atoms with Gasteiger partial charge in [0, 0.05) is 34.9 Å². The SMILES string of the molecule is COCCCSc1ccc(C(C)N)c(Br)c1. The highest BCUT2D eigenvalue weighted by Crippen LogP contribution is 2.28. The van der Waals surface area contributed by atoms with E-state index in [0.29, 0.717) is 0 Å². The predicted molar refractivity (Wildman–Crippen MR) is 74.0 cm³/mol. The summed E-state index contributed by atoms with van der Waals surface area (Å²) in [6, 6.07) is 6.42. The average Bonchev–Trinajstić information content (AvgIpc) is 2.24. The molecule has 0 radical (unpaired) electrons. The van der Waals surface area contributed by atoms with E-state index < -0.39 is 0 Å². The van der Waals surface area contributed by atoms with E-state index in [1.165, 1.54) is 4.90 Å². The van der Waals surface area contributed by atoms with E-state index in [0.717, 1.165) is 28.8 Å². The molecule has 1 rings (SSSR count). The molecule has 1 aromatic rings. The number of ether oxygens (including phenoxy) is 1. The molecule has 2 N–H and O–H groups in total. The van der Waals surface area contributed by atoms with Crippen LogP contribution in [0.1, 0.15) is 24.9 Å². The van der Waals surface area contributed by atoms with E-state index in [2.05, 4.69) is 34.1 Å². The molecule has 0 saturated heterocycles. The standard InChI is InChI=1S/C12H18BrNOS/c1-9(14)11-5-4-10(8-12(11)13)16-7-3-6-15-2/h4-5,8-9H,3,6-7,14H2,1-2H3. The fourth-order valence-corrected chi connectivity index (χ4v) is 3.11. The highest BCUT2D eigenvalue weighted by Gasteiger charge is 2.05. The van der Waals surface area contributed by atoms with Crippen LogP contribution in [-0.4, -0.2) is 19.5 Å². The largest absolute Gasteiger partial charge is 0.385 e. The van der Waals surface area contributed by atoms with Gasteiger partial charge in [-0.1, -0.05) is 22.0 Å². The molecule has 0 bridgehead atoms. The minimum Gasteiger partial charge on any atom is -0.385 e. The van der Waals surface area contributed by atoms with E-state index in [-0.39, 0.29) is 6.04 Å². The van der Waals surface area contributed by atoms with Gasteiger partial charge in [-0.05, 0) is 31.0 Å². The second kappa shape index (κ2) is 7.33. The molecule has 4 heteroatoms. The highest BCUT2D eigenvalue weighted by molar-refractivity contribution is 9.10. The number of hydrogen-bond donors (Lipinski definition) is 1. The first kappa shape index (κ1) is 14.0. The summed E-state index contributed by atoms with van der Waals surface area (Å²) >= 11 is 5.40. The molecule has 0 aromatic heterocycles. The Morgan fingerprint density at radius 3 is 2.81 bits per heavy atom. The Labute approximate surface area is 110 Å². The monoisotopic (exact) mass is 303 g/mol. The van der Waals surface area contributed by atoms with Crippen LogP contribution in [0, 0.1) is 0 Å². The summed E-state index contributed by atoms with van der Waals surface area (Å²) < 4.78 is 6.11. The third-order valence-corrected chi connectivity index (χ3v) is 3.99. The number of hydrogen-bond acceptors (Lipinski definition) is 3. The maximum Gasteiger partial charge on any atom is 0.0470 e. The van der Waals surface area contributed by atoms with Gasteiger partial charge in [0.2, 0.25) is 0 Å². The normalized spacial score (nSPS) is 12.8. The van der Waals surface area contributed by atoms with Crippen LogP contribution in [0.4, 0.5) is 0 Å². The van der Waals surface area contributed by atoms with Crippen LogP contribution < -0.4 is 5.73 Å². The zero-order chi connectivity index (χ0) is 12.0. The lowest BCUT2D eigenvalue weighted by molar-refractivity contribution is 0.200. The van der Waals surface area contributed by atoms with Crippen molar-refractivity contribution in [1.82, 2.24) is 0 Å². The van der Waals surface area contributed by atoms with E-state index in [9.17, 15) is 0 Å². The molecule has 0 aliphatic carbocycles. The number of halogens is 1. The van der Waals surface area contributed by atoms with Crippen LogP contribution in [-0.2, 0) is 4.74 Å². The molecule has 0 heterocycles. The van der Waals surface area contributed by atoms with Crippen LogP contribution in [0.3, 0.4) is 0 Å². The second-order valence-electron chi connectivity index (χ2n) is 3.67. The highest BCUT2D eigenvalue weighted by atomic mass is 79.9. The van der Waals surface area contributed by atoms with Crippen molar-refractivity contribution in [3.05, 3.63) is 28.2 Å². The molecule has 0 spiro atoms. The number of thioether (sulfide) groups is 1. The number of rotatable bonds is 6. The molecule has 1 aromatic carbocycles. The Hall–Kier alpha value is -0.0300. The number of methoxy groups -OCH3 is 1. The number of benzene rings is 1. The minimum atomic E-state index is 0.0712. The van der Waals surface area contributed by atoms with Crippen molar-refractivity contribution in [3.8, 4) is 0 Å². The van der Waals surface area contributed by atoms with Gasteiger partial charge in [0.25, 0.3) is 0 Å². The van der Waals surface area contributed by atoms with Gasteiger partial charge >= 0.3 is 0 Å². The van der Waals surface area contributed by atoms with Crippen molar-refractivity contribution >= 4 is 27.7 Å². The van der Waals surface area contributed by atoms with E-state index in [1.54, 1.807) is 7.11 Å². The van der Waals surface area contributed by atoms with E-state index in [4.69, 9.17) is 10.5 Å². The molecule has 0 aliphatic rings. The third-order valence-electron chi connectivity index (χ3n) is 2.22. The summed E-state index contributed by atoms with van der Waals surface area (Å²) in [6.07, 6.45) is 1.08. The Kier molecular flexibility index (Phi) is 6.43. The fourth-order valence-electron chi connectivity index (χ4n) is 1.36. The zero-order valence-corrected chi connectivity index (χ0v) is 12.1. The van der Waals surface area contributed by atoms with Crippen LogP contribution in [0.5, 0.6) is 0 Å². The summed E-state index contributed by atoms with van der Waals surface area (Å²) in [5.74, 6) is 1.08. The first-order chi connectivity index (χ1) is 7.65. The summed E-state index contributed by atoms with van der Waals surface area (Å²) in [5, 5.41) is 0. The van der Waals surface area contributed by atoms with Gasteiger partial charge in [-0.25, -0.2) is 0 Å². The first-order valence-electron chi connectivity index (χ1n) is 5.32. The molecule has 90 valence electrons. The Balaban J connectivity index is 2.53. The number of nitrogens with two attached hydrogens (primary N) is 1. The third kappa shape index (κ3) is 4.45. The molecule has 0 amide bonds. The second-order valence-corrected chi connectivity index (χ2v) is 5.69. The van der Waals surface area contributed by atoms with Crippen LogP contribution in [0.2, 0.25) is 0 Å². The topological polar surface area (TPSA) is 35.2 Å². The Bertz CT molecular complexity index is 331. The molecule has 1 atom stereocenters. The molecule has 0 fully saturated rings. The molecular formula is C12H18BrNOS. The van der Waals surface area contributed by atoms with Gasteiger partial charge < -0.3 is 10.5 Å². The smallest absolute Gasteiger partial charge is 0.0470 e. The van der Waals surface area contributed by atoms with Gasteiger partial charge in [0.1, 0.15) is 0 Å². The maximum absolute atomic E-state index is 5.85. The summed E-state index contributed by atoms with van der Waals surface area (Å²) in [7, 11) is 1.73. The molecule has 1 unspecified atom stereocenters. The maximum atomic E-state index is 5.85. The van der Waals surface area contributed by atoms with E-state index >= 15 is 0 Å². The van der Waals surface area contributed by atoms with E-state index in [1.807, 2.05) is 18.7 Å². The predicted octanol–water partition coefficient (Wildman–Crippen LogP) is 3.60. The van der Waals surface area contributed by atoms with Crippen molar-refractivity contribution in [3.63, 3.8) is 0 Å². The Morgan fingerprint density at radius 2 is 2.25 bits per heavy atom. The molecule has 0 aliphatic heterocycles. The van der Waals surface area contributed by atoms with Gasteiger partial charge in [-0.3, -0.25) is 0 Å². The zero-order valence-electron chi connectivity index (χ0n) is 9.70. The van der Waals surface area contributed by atoms with Crippen LogP contribution in [0.25, 0.3) is 0 Å². The van der Waals surface area contributed by atoms with Crippen molar-refractivity contribution in [2.75, 3.05) is 19.5 Å². The van der Waals surface area contributed by atoms with Crippen molar-refractivity contribution in [1.29, 1.82) is 0 Å². The van der Waals surface area contributed by atoms with Gasteiger partial charge in [0.05, 0.1) is 0 Å². The quantitative estimate of drug-likeness (QED) is 0.644. The molecule has 2 nitrogen and oxygen atoms in total. The molecular weight excluding hydrogens is 286 g/mol. The molecule has 0 saturated carbocycles. The van der Waals surface area contributed by atoms with Crippen LogP contribution >= 0.6 is 27.7 Å². The first-order valence-corrected chi connectivity index (χ1v) is 7.09. The van der Waals surface area contributed by atoms with Gasteiger partial charge in [-0.2, -0.15) is 0 Å². The summed E-state index contributed by atoms with van der Waals surface area (Å²) in [5.41, 5.74) is 7.00. The minimum absolute atomic E-state index is 0.0712. The fraction of sp³-hybridized carbons (Fsp3) is 0.500.